The van der Waals surface area contributed by atoms with Gasteiger partial charge in [0.15, 0.2) is 5.82 Å². The SMILES string of the molecule is O=C(O)CSCc1nc(C2CCCCC2)n[nH]1. The Kier molecular flexibility index (Phi) is 4.42. The summed E-state index contributed by atoms with van der Waals surface area (Å²) in [6, 6.07) is 0. The first-order chi connectivity index (χ1) is 8.25. The highest BCUT2D eigenvalue weighted by atomic mass is 32.2. The molecule has 0 bridgehead atoms. The predicted octanol–water partition coefficient (Wildman–Crippen LogP) is 2.17. The van der Waals surface area contributed by atoms with Crippen LogP contribution in [0.1, 0.15) is 49.7 Å². The molecular weight excluding hydrogens is 238 g/mol. The largest absolute Gasteiger partial charge is 0.481 e. The van der Waals surface area contributed by atoms with E-state index in [0.717, 1.165) is 11.6 Å². The maximum Gasteiger partial charge on any atom is 0.313 e. The molecule has 1 aliphatic rings. The summed E-state index contributed by atoms with van der Waals surface area (Å²) < 4.78 is 0. The number of hydrogen-bond acceptors (Lipinski definition) is 4. The molecule has 1 saturated carbocycles. The molecular formula is C11H17N3O2S. The third-order valence-electron chi connectivity index (χ3n) is 2.98. The Morgan fingerprint density at radius 2 is 2.18 bits per heavy atom. The lowest BCUT2D eigenvalue weighted by Crippen LogP contribution is -2.06. The van der Waals surface area contributed by atoms with Gasteiger partial charge >= 0.3 is 5.97 Å². The number of nitrogens with zero attached hydrogens (tertiary/aromatic N) is 2. The molecule has 2 rings (SSSR count). The Bertz CT molecular complexity index is 375. The molecule has 5 nitrogen and oxygen atoms in total. The van der Waals surface area contributed by atoms with Gasteiger partial charge in [0.05, 0.1) is 11.5 Å². The summed E-state index contributed by atoms with van der Waals surface area (Å²) in [6.07, 6.45) is 6.21. The first-order valence-corrected chi connectivity index (χ1v) is 7.12. The van der Waals surface area contributed by atoms with Crippen LogP contribution in [0.15, 0.2) is 0 Å². The first kappa shape index (κ1) is 12.4. The van der Waals surface area contributed by atoms with Gasteiger partial charge in [0.25, 0.3) is 0 Å². The summed E-state index contributed by atoms with van der Waals surface area (Å²) >= 11 is 1.34. The summed E-state index contributed by atoms with van der Waals surface area (Å²) in [7, 11) is 0. The van der Waals surface area contributed by atoms with Gasteiger partial charge in [-0.2, -0.15) is 5.10 Å². The van der Waals surface area contributed by atoms with E-state index < -0.39 is 5.97 Å². The third-order valence-corrected chi connectivity index (χ3v) is 3.91. The highest BCUT2D eigenvalue weighted by Gasteiger charge is 2.19. The van der Waals surface area contributed by atoms with Gasteiger partial charge in [0, 0.05) is 5.92 Å². The van der Waals surface area contributed by atoms with E-state index in [0.29, 0.717) is 11.7 Å². The van der Waals surface area contributed by atoms with Crippen LogP contribution in [0.2, 0.25) is 0 Å². The van der Waals surface area contributed by atoms with Crippen molar-refractivity contribution in [3.8, 4) is 0 Å². The Labute approximate surface area is 104 Å². The van der Waals surface area contributed by atoms with Crippen LogP contribution in [0.25, 0.3) is 0 Å². The molecule has 1 heterocycles. The van der Waals surface area contributed by atoms with Crippen LogP contribution in [0, 0.1) is 0 Å². The van der Waals surface area contributed by atoms with Crippen LogP contribution in [0.5, 0.6) is 0 Å². The molecule has 0 radical (unpaired) electrons. The van der Waals surface area contributed by atoms with Gasteiger partial charge in [-0.25, -0.2) is 4.98 Å². The number of carboxylic acids is 1. The zero-order valence-corrected chi connectivity index (χ0v) is 10.5. The zero-order chi connectivity index (χ0) is 12.1. The van der Waals surface area contributed by atoms with Crippen LogP contribution >= 0.6 is 11.8 Å². The number of carbonyl (C=O) groups is 1. The number of aliphatic carboxylic acids is 1. The highest BCUT2D eigenvalue weighted by Crippen LogP contribution is 2.30. The van der Waals surface area contributed by atoms with E-state index in [2.05, 4.69) is 15.2 Å². The van der Waals surface area contributed by atoms with Crippen molar-refractivity contribution in [3.63, 3.8) is 0 Å². The molecule has 1 aromatic heterocycles. The molecule has 1 aromatic rings. The Hall–Kier alpha value is -1.04. The van der Waals surface area contributed by atoms with E-state index in [1.54, 1.807) is 0 Å². The van der Waals surface area contributed by atoms with E-state index in [4.69, 9.17) is 5.11 Å². The van der Waals surface area contributed by atoms with E-state index in [9.17, 15) is 4.79 Å². The van der Waals surface area contributed by atoms with Crippen molar-refractivity contribution >= 4 is 17.7 Å². The number of H-pyrrole nitrogens is 1. The minimum absolute atomic E-state index is 0.111. The quantitative estimate of drug-likeness (QED) is 0.843. The fourth-order valence-corrected chi connectivity index (χ4v) is 2.75. The maximum atomic E-state index is 10.4. The summed E-state index contributed by atoms with van der Waals surface area (Å²) in [4.78, 5) is 14.8. The van der Waals surface area contributed by atoms with Crippen molar-refractivity contribution in [1.29, 1.82) is 0 Å². The van der Waals surface area contributed by atoms with Gasteiger partial charge in [-0.15, -0.1) is 11.8 Å². The minimum Gasteiger partial charge on any atom is -0.481 e. The number of aromatic nitrogens is 3. The minimum atomic E-state index is -0.790. The molecule has 1 fully saturated rings. The first-order valence-electron chi connectivity index (χ1n) is 5.96. The molecule has 0 aromatic carbocycles. The van der Waals surface area contributed by atoms with Crippen molar-refractivity contribution in [2.24, 2.45) is 0 Å². The van der Waals surface area contributed by atoms with Crippen molar-refractivity contribution < 1.29 is 9.90 Å². The number of carboxylic acid groups (broad SMARTS) is 1. The standard InChI is InChI=1S/C11H17N3O2S/c15-10(16)7-17-6-9-12-11(14-13-9)8-4-2-1-3-5-8/h8H,1-7H2,(H,15,16)(H,12,13,14). The smallest absolute Gasteiger partial charge is 0.313 e. The molecule has 17 heavy (non-hydrogen) atoms. The third kappa shape index (κ3) is 3.73. The van der Waals surface area contributed by atoms with Gasteiger partial charge in [-0.3, -0.25) is 9.89 Å². The van der Waals surface area contributed by atoms with Crippen LogP contribution in [0.3, 0.4) is 0 Å². The molecule has 0 unspecified atom stereocenters. The number of nitrogens with one attached hydrogen (secondary N) is 1. The average Bonchev–Trinajstić information content (AvgIpc) is 2.78. The Balaban J connectivity index is 1.84. The summed E-state index contributed by atoms with van der Waals surface area (Å²) in [5, 5.41) is 15.7. The summed E-state index contributed by atoms with van der Waals surface area (Å²) in [6.45, 7) is 0. The second-order valence-corrected chi connectivity index (χ2v) is 5.35. The van der Waals surface area contributed by atoms with Gasteiger partial charge < -0.3 is 5.11 Å². The monoisotopic (exact) mass is 255 g/mol. The van der Waals surface area contributed by atoms with Crippen molar-refractivity contribution in [2.45, 2.75) is 43.8 Å². The predicted molar refractivity (Wildman–Crippen MR) is 66.0 cm³/mol. The van der Waals surface area contributed by atoms with Crippen molar-refractivity contribution in [1.82, 2.24) is 15.2 Å². The van der Waals surface area contributed by atoms with Crippen LogP contribution in [-0.4, -0.2) is 32.0 Å². The van der Waals surface area contributed by atoms with E-state index in [-0.39, 0.29) is 5.75 Å². The molecule has 1 aliphatic carbocycles. The van der Waals surface area contributed by atoms with Gasteiger partial charge in [-0.1, -0.05) is 19.3 Å². The number of rotatable bonds is 5. The molecule has 0 saturated heterocycles. The molecule has 6 heteroatoms. The maximum absolute atomic E-state index is 10.4. The van der Waals surface area contributed by atoms with Crippen molar-refractivity contribution in [2.75, 3.05) is 5.75 Å². The molecule has 0 amide bonds. The van der Waals surface area contributed by atoms with Crippen LogP contribution in [0.4, 0.5) is 0 Å². The van der Waals surface area contributed by atoms with E-state index in [1.807, 2.05) is 0 Å². The molecule has 0 spiro atoms. The Morgan fingerprint density at radius 1 is 1.41 bits per heavy atom. The van der Waals surface area contributed by atoms with E-state index >= 15 is 0 Å². The number of thioether (sulfide) groups is 1. The lowest BCUT2D eigenvalue weighted by Gasteiger charge is -2.17. The average molecular weight is 255 g/mol. The highest BCUT2D eigenvalue weighted by molar-refractivity contribution is 7.99. The second-order valence-electron chi connectivity index (χ2n) is 4.36. The van der Waals surface area contributed by atoms with E-state index in [1.165, 1.54) is 43.9 Å². The molecule has 0 aliphatic heterocycles. The molecule has 94 valence electrons. The van der Waals surface area contributed by atoms with Crippen LogP contribution < -0.4 is 0 Å². The summed E-state index contributed by atoms with van der Waals surface area (Å²) in [5.74, 6) is 2.11. The van der Waals surface area contributed by atoms with Crippen LogP contribution in [-0.2, 0) is 10.5 Å². The fraction of sp³-hybridized carbons (Fsp3) is 0.727. The topological polar surface area (TPSA) is 78.9 Å². The van der Waals surface area contributed by atoms with Crippen molar-refractivity contribution in [3.05, 3.63) is 11.6 Å². The Morgan fingerprint density at radius 3 is 2.88 bits per heavy atom. The fourth-order valence-electron chi connectivity index (χ4n) is 2.15. The molecule has 0 atom stereocenters. The second kappa shape index (κ2) is 6.05. The number of aromatic amines is 1. The normalized spacial score (nSPS) is 17.2. The molecule has 2 N–H and O–H groups in total. The summed E-state index contributed by atoms with van der Waals surface area (Å²) in [5.41, 5.74) is 0. The van der Waals surface area contributed by atoms with Gasteiger partial charge in [0.2, 0.25) is 0 Å². The van der Waals surface area contributed by atoms with Gasteiger partial charge in [0.1, 0.15) is 5.82 Å². The lowest BCUT2D eigenvalue weighted by molar-refractivity contribution is -0.133. The van der Waals surface area contributed by atoms with Gasteiger partial charge in [-0.05, 0) is 12.8 Å². The lowest BCUT2D eigenvalue weighted by atomic mass is 9.89. The zero-order valence-electron chi connectivity index (χ0n) is 9.69. The number of hydrogen-bond donors (Lipinski definition) is 2.